The molecule has 126 valence electrons. The van der Waals surface area contributed by atoms with Crippen LogP contribution in [0.4, 0.5) is 5.13 Å². The number of aryl methyl sites for hydroxylation is 3. The molecule has 2 aromatic carbocycles. The Balaban J connectivity index is 1.57. The molecule has 5 nitrogen and oxygen atoms in total. The second-order valence-electron chi connectivity index (χ2n) is 6.30. The van der Waals surface area contributed by atoms with Gasteiger partial charge in [-0.2, -0.15) is 0 Å². The molecule has 4 rings (SSSR count). The Bertz CT molecular complexity index is 1110. The van der Waals surface area contributed by atoms with Crippen LogP contribution in [0, 0.1) is 20.8 Å². The molecule has 0 fully saturated rings. The predicted octanol–water partition coefficient (Wildman–Crippen LogP) is 4.54. The molecule has 2 heterocycles. The van der Waals surface area contributed by atoms with Crippen LogP contribution in [0.5, 0.6) is 0 Å². The van der Waals surface area contributed by atoms with Crippen LogP contribution in [0.15, 0.2) is 34.9 Å². The number of carbonyl (C=O) groups excluding carboxylic acids is 1. The number of hydrogen-bond donors (Lipinski definition) is 1. The highest BCUT2D eigenvalue weighted by Gasteiger charge is 2.15. The highest BCUT2D eigenvalue weighted by atomic mass is 32.1. The normalized spacial score (nSPS) is 11.3. The Morgan fingerprint density at radius 3 is 2.84 bits per heavy atom. The summed E-state index contributed by atoms with van der Waals surface area (Å²) in [5.41, 5.74) is 5.60. The van der Waals surface area contributed by atoms with Gasteiger partial charge < -0.3 is 9.84 Å². The molecular formula is C19H17N3O2S. The van der Waals surface area contributed by atoms with E-state index in [0.717, 1.165) is 32.3 Å². The topological polar surface area (TPSA) is 68.0 Å². The number of benzene rings is 2. The van der Waals surface area contributed by atoms with Gasteiger partial charge in [-0.25, -0.2) is 4.98 Å². The molecule has 0 bridgehead atoms. The van der Waals surface area contributed by atoms with Gasteiger partial charge in [-0.1, -0.05) is 28.6 Å². The first kappa shape index (κ1) is 15.8. The van der Waals surface area contributed by atoms with Gasteiger partial charge in [-0.3, -0.25) is 4.79 Å². The van der Waals surface area contributed by atoms with E-state index in [9.17, 15) is 4.79 Å². The zero-order chi connectivity index (χ0) is 17.6. The lowest BCUT2D eigenvalue weighted by molar-refractivity contribution is -0.115. The maximum absolute atomic E-state index is 12.4. The zero-order valence-electron chi connectivity index (χ0n) is 14.2. The Hall–Kier alpha value is -2.73. The molecule has 4 aromatic rings. The molecule has 0 radical (unpaired) electrons. The summed E-state index contributed by atoms with van der Waals surface area (Å²) >= 11 is 1.47. The number of aromatic nitrogens is 2. The zero-order valence-corrected chi connectivity index (χ0v) is 15.0. The van der Waals surface area contributed by atoms with Crippen molar-refractivity contribution in [2.45, 2.75) is 27.2 Å². The van der Waals surface area contributed by atoms with Crippen LogP contribution < -0.4 is 5.32 Å². The standard InChI is InChI=1S/C19H17N3O2S/c1-10-4-5-14-16(8-10)25-19(20-14)21-17(23)9-15-13-7-11(2)6-12(3)18(13)24-22-15/h4-8H,9H2,1-3H3,(H,20,21,23). The third-order valence-electron chi connectivity index (χ3n) is 4.10. The van der Waals surface area contributed by atoms with Crippen LogP contribution in [0.2, 0.25) is 0 Å². The second kappa shape index (κ2) is 5.97. The molecule has 0 unspecified atom stereocenters. The van der Waals surface area contributed by atoms with Crippen LogP contribution in [-0.4, -0.2) is 16.0 Å². The fourth-order valence-electron chi connectivity index (χ4n) is 2.97. The third-order valence-corrected chi connectivity index (χ3v) is 5.03. The van der Waals surface area contributed by atoms with E-state index < -0.39 is 0 Å². The largest absolute Gasteiger partial charge is 0.356 e. The van der Waals surface area contributed by atoms with Crippen LogP contribution in [0.1, 0.15) is 22.4 Å². The lowest BCUT2D eigenvalue weighted by Gasteiger charge is -2.00. The number of rotatable bonds is 3. The summed E-state index contributed by atoms with van der Waals surface area (Å²) in [6.45, 7) is 6.04. The number of anilines is 1. The van der Waals surface area contributed by atoms with E-state index in [0.29, 0.717) is 10.8 Å². The van der Waals surface area contributed by atoms with Gasteiger partial charge in [0.1, 0.15) is 5.69 Å². The van der Waals surface area contributed by atoms with E-state index in [1.165, 1.54) is 16.9 Å². The van der Waals surface area contributed by atoms with Crippen molar-refractivity contribution >= 4 is 43.6 Å². The van der Waals surface area contributed by atoms with E-state index in [1.54, 1.807) is 0 Å². The highest BCUT2D eigenvalue weighted by Crippen LogP contribution is 2.27. The molecule has 0 saturated carbocycles. The molecule has 0 atom stereocenters. The summed E-state index contributed by atoms with van der Waals surface area (Å²) in [4.78, 5) is 16.9. The molecule has 0 aliphatic carbocycles. The smallest absolute Gasteiger partial charge is 0.232 e. The summed E-state index contributed by atoms with van der Waals surface area (Å²) < 4.78 is 6.47. The summed E-state index contributed by atoms with van der Waals surface area (Å²) in [5.74, 6) is -0.148. The summed E-state index contributed by atoms with van der Waals surface area (Å²) in [7, 11) is 0. The van der Waals surface area contributed by atoms with Gasteiger partial charge in [0, 0.05) is 5.39 Å². The minimum atomic E-state index is -0.148. The lowest BCUT2D eigenvalue weighted by atomic mass is 10.1. The first-order valence-electron chi connectivity index (χ1n) is 8.02. The fraction of sp³-hybridized carbons (Fsp3) is 0.211. The van der Waals surface area contributed by atoms with Gasteiger partial charge in [0.25, 0.3) is 0 Å². The maximum atomic E-state index is 12.4. The van der Waals surface area contributed by atoms with E-state index in [2.05, 4.69) is 21.5 Å². The molecule has 2 aromatic heterocycles. The lowest BCUT2D eigenvalue weighted by Crippen LogP contribution is -2.14. The van der Waals surface area contributed by atoms with Crippen LogP contribution >= 0.6 is 11.3 Å². The summed E-state index contributed by atoms with van der Waals surface area (Å²) in [6.07, 6.45) is 0.158. The Kier molecular flexibility index (Phi) is 3.77. The molecule has 0 spiro atoms. The molecule has 25 heavy (non-hydrogen) atoms. The average Bonchev–Trinajstić information content (AvgIpc) is 3.11. The van der Waals surface area contributed by atoms with E-state index in [4.69, 9.17) is 4.52 Å². The molecule has 6 heteroatoms. The minimum Gasteiger partial charge on any atom is -0.356 e. The van der Waals surface area contributed by atoms with Crippen molar-refractivity contribution in [1.82, 2.24) is 10.1 Å². The Morgan fingerprint density at radius 2 is 2.00 bits per heavy atom. The van der Waals surface area contributed by atoms with Crippen LogP contribution in [-0.2, 0) is 11.2 Å². The van der Waals surface area contributed by atoms with Gasteiger partial charge in [0.15, 0.2) is 10.7 Å². The fourth-order valence-corrected chi connectivity index (χ4v) is 3.95. The maximum Gasteiger partial charge on any atom is 0.232 e. The first-order valence-corrected chi connectivity index (χ1v) is 8.84. The van der Waals surface area contributed by atoms with Crippen molar-refractivity contribution in [2.24, 2.45) is 0 Å². The predicted molar refractivity (Wildman–Crippen MR) is 100 cm³/mol. The van der Waals surface area contributed by atoms with Crippen LogP contribution in [0.25, 0.3) is 21.2 Å². The van der Waals surface area contributed by atoms with Gasteiger partial charge in [-0.15, -0.1) is 0 Å². The SMILES string of the molecule is Cc1ccc2nc(NC(=O)Cc3noc4c(C)cc(C)cc34)sc2c1. The van der Waals surface area contributed by atoms with Crippen molar-refractivity contribution < 1.29 is 9.32 Å². The third kappa shape index (κ3) is 3.00. The highest BCUT2D eigenvalue weighted by molar-refractivity contribution is 7.22. The van der Waals surface area contributed by atoms with Gasteiger partial charge in [-0.05, 0) is 55.7 Å². The van der Waals surface area contributed by atoms with E-state index in [1.807, 2.05) is 45.0 Å². The number of carbonyl (C=O) groups is 1. The van der Waals surface area contributed by atoms with Gasteiger partial charge in [0.05, 0.1) is 16.6 Å². The molecule has 1 amide bonds. The monoisotopic (exact) mass is 351 g/mol. The number of fused-ring (bicyclic) bond motifs is 2. The number of thiazole rings is 1. The van der Waals surface area contributed by atoms with Gasteiger partial charge in [0.2, 0.25) is 5.91 Å². The minimum absolute atomic E-state index is 0.148. The van der Waals surface area contributed by atoms with E-state index >= 15 is 0 Å². The molecular weight excluding hydrogens is 334 g/mol. The number of amides is 1. The number of nitrogens with zero attached hydrogens (tertiary/aromatic N) is 2. The summed E-state index contributed by atoms with van der Waals surface area (Å²) in [6, 6.07) is 10.1. The van der Waals surface area contributed by atoms with E-state index in [-0.39, 0.29) is 12.3 Å². The van der Waals surface area contributed by atoms with Crippen molar-refractivity contribution in [2.75, 3.05) is 5.32 Å². The summed E-state index contributed by atoms with van der Waals surface area (Å²) in [5, 5.41) is 8.45. The molecule has 0 aliphatic heterocycles. The number of hydrogen-bond acceptors (Lipinski definition) is 5. The van der Waals surface area contributed by atoms with Crippen molar-refractivity contribution in [3.8, 4) is 0 Å². The molecule has 0 saturated heterocycles. The van der Waals surface area contributed by atoms with Gasteiger partial charge >= 0.3 is 0 Å². The average molecular weight is 351 g/mol. The Morgan fingerprint density at radius 1 is 1.16 bits per heavy atom. The molecule has 0 aliphatic rings. The van der Waals surface area contributed by atoms with Crippen molar-refractivity contribution in [3.05, 3.63) is 52.7 Å². The van der Waals surface area contributed by atoms with Crippen molar-refractivity contribution in [3.63, 3.8) is 0 Å². The quantitative estimate of drug-likeness (QED) is 0.588. The second-order valence-corrected chi connectivity index (χ2v) is 7.33. The Labute approximate surface area is 148 Å². The molecule has 1 N–H and O–H groups in total. The first-order chi connectivity index (χ1) is 12.0. The van der Waals surface area contributed by atoms with Crippen molar-refractivity contribution in [1.29, 1.82) is 0 Å². The number of nitrogens with one attached hydrogen (secondary N) is 1. The van der Waals surface area contributed by atoms with Crippen LogP contribution in [0.3, 0.4) is 0 Å².